The predicted octanol–water partition coefficient (Wildman–Crippen LogP) is 8.69. The molecule has 0 aliphatic carbocycles. The fraction of sp³-hybridized carbons (Fsp3) is 0.368. The van der Waals surface area contributed by atoms with E-state index in [-0.39, 0.29) is 15.8 Å². The number of fused-ring (bicyclic) bond motifs is 10. The van der Waals surface area contributed by atoms with Crippen LogP contribution in [0.4, 0.5) is 0 Å². The second-order valence-corrected chi connectivity index (χ2v) is 59.4. The first kappa shape index (κ1) is 21.2. The maximum absolute atomic E-state index is 4.42. The molecule has 10 saturated heterocycles. The van der Waals surface area contributed by atoms with Crippen molar-refractivity contribution in [2.45, 2.75) is 68.4 Å². The molecule has 4 aromatic carbocycles. The first-order valence-corrected chi connectivity index (χ1v) is 28.1. The van der Waals surface area contributed by atoms with Gasteiger partial charge in [-0.05, 0) is 0 Å². The van der Waals surface area contributed by atoms with E-state index in [0.29, 0.717) is 0 Å². The zero-order valence-electron chi connectivity index (χ0n) is 24.3. The van der Waals surface area contributed by atoms with Gasteiger partial charge in [0.1, 0.15) is 0 Å². The zero-order chi connectivity index (χ0) is 27.0. The van der Waals surface area contributed by atoms with Gasteiger partial charge in [0, 0.05) is 0 Å². The molecule has 0 aromatic heterocycles. The van der Waals surface area contributed by atoms with Crippen LogP contribution in [0.2, 0.25) is 33.8 Å². The summed E-state index contributed by atoms with van der Waals surface area (Å²) >= 11 is 0. The Kier molecular flexibility index (Phi) is 1.77. The summed E-state index contributed by atoms with van der Waals surface area (Å²) in [6.45, 7) is 9.81. The average molecular weight is 603 g/mol. The molecule has 3 heteroatoms. The van der Waals surface area contributed by atoms with E-state index in [0.717, 1.165) is 6.92 Å². The third kappa shape index (κ3) is 0.578. The first-order valence-electron chi connectivity index (χ1n) is 16.6. The van der Waals surface area contributed by atoms with Crippen molar-refractivity contribution in [3.05, 3.63) is 119 Å². The van der Waals surface area contributed by atoms with E-state index in [2.05, 4.69) is 125 Å². The van der Waals surface area contributed by atoms with Crippen molar-refractivity contribution < 1.29 is 8.89 Å². The van der Waals surface area contributed by atoms with Crippen molar-refractivity contribution in [2.24, 2.45) is 0 Å². The molecule has 10 fully saturated rings. The van der Waals surface area contributed by atoms with Gasteiger partial charge in [0.25, 0.3) is 0 Å². The van der Waals surface area contributed by atoms with Gasteiger partial charge in [-0.2, -0.15) is 0 Å². The molecule has 0 nitrogen and oxygen atoms in total. The molecule has 0 amide bonds. The Labute approximate surface area is 232 Å². The fourth-order valence-electron chi connectivity index (χ4n) is 29.7. The van der Waals surface area contributed by atoms with E-state index in [1.807, 2.05) is 0 Å². The summed E-state index contributed by atoms with van der Waals surface area (Å²) < 4.78 is 11.7. The Morgan fingerprint density at radius 1 is 0.415 bits per heavy atom. The van der Waals surface area contributed by atoms with Crippen LogP contribution in [0.25, 0.3) is 0 Å². The van der Waals surface area contributed by atoms with Crippen LogP contribution in [0.15, 0.2) is 97.1 Å². The molecule has 14 rings (SSSR count). The summed E-state index contributed by atoms with van der Waals surface area (Å²) in [4.78, 5) is 0. The molecule has 4 aromatic rings. The summed E-state index contributed by atoms with van der Waals surface area (Å²) in [6, 6.07) is 39.0. The van der Waals surface area contributed by atoms with Gasteiger partial charge in [0.05, 0.1) is 0 Å². The molecule has 4 atom stereocenters. The Morgan fingerprint density at radius 2 is 0.683 bits per heavy atom. The maximum atomic E-state index is 2.61. The second kappa shape index (κ2) is 3.43. The number of hydrogen-bond acceptors (Lipinski definition) is 0. The SMILES string of the molecule is Cc1ccccc1P(c1ccccc1C)[C]12[CH]3[CH]4[CH]5[C]1(P(c1ccccc1C)c1ccccc1C)[Ti]43521678[CH]2[CH]1[CH]6[CH]7[CH]28. The van der Waals surface area contributed by atoms with Crippen molar-refractivity contribution in [2.75, 3.05) is 0 Å². The van der Waals surface area contributed by atoms with Crippen LogP contribution in [0.5, 0.6) is 0 Å². The summed E-state index contributed by atoms with van der Waals surface area (Å²) in [6.07, 6.45) is 0. The minimum atomic E-state index is -4.42. The van der Waals surface area contributed by atoms with Gasteiger partial charge in [-0.1, -0.05) is 0 Å². The molecular formula is C38H36P2Ti. The second-order valence-electron chi connectivity index (χ2n) is 20.6. The van der Waals surface area contributed by atoms with Crippen LogP contribution < -0.4 is 21.2 Å². The molecule has 10 aliphatic rings. The first-order chi connectivity index (χ1) is 19.8. The molecule has 0 radical (unpaired) electrons. The van der Waals surface area contributed by atoms with Crippen LogP contribution >= 0.6 is 15.8 Å². The van der Waals surface area contributed by atoms with Gasteiger partial charge in [-0.25, -0.2) is 0 Å². The monoisotopic (exact) mass is 602 g/mol. The Bertz CT molecular complexity index is 2140. The standard InChI is InChI=1S/C33H31P2.C5H5.Ti/c1-24-14-5-9-18-28(24)34(29-19-10-6-15-25(29)2)32-22-13-23-33(32)35(30-20-11-7-16-26(30)3)31-21-12-8-17-27(31)4;1-2-4-5-3-1;/h5-23H,1-4H3;1-5H;. The Hall–Kier alpha value is -1.55. The van der Waals surface area contributed by atoms with Crippen LogP contribution in [0.3, 0.4) is 0 Å². The predicted molar refractivity (Wildman–Crippen MR) is 173 cm³/mol. The molecule has 4 unspecified atom stereocenters. The normalized spacial score (nSPS) is 58.2. The van der Waals surface area contributed by atoms with Gasteiger partial charge in [-0.3, -0.25) is 0 Å². The quantitative estimate of drug-likeness (QED) is 0.153. The molecule has 10 aliphatic heterocycles. The molecule has 10 heterocycles. The van der Waals surface area contributed by atoms with Crippen molar-refractivity contribution in [1.82, 2.24) is 0 Å². The van der Waals surface area contributed by atoms with Gasteiger partial charge in [-0.15, -0.1) is 0 Å². The van der Waals surface area contributed by atoms with Gasteiger partial charge in [0.15, 0.2) is 0 Å². The fourth-order valence-corrected chi connectivity index (χ4v) is 193. The third-order valence-corrected chi connectivity index (χ3v) is 105. The zero-order valence-corrected chi connectivity index (χ0v) is 27.6. The van der Waals surface area contributed by atoms with E-state index >= 15 is 0 Å². The van der Waals surface area contributed by atoms with E-state index in [4.69, 9.17) is 0 Å². The number of hydrogen-bond donors (Lipinski definition) is 0. The number of benzene rings is 4. The van der Waals surface area contributed by atoms with Gasteiger partial charge in [0.2, 0.25) is 0 Å². The topological polar surface area (TPSA) is 0 Å². The molecule has 0 N–H and O–H groups in total. The van der Waals surface area contributed by atoms with E-state index in [9.17, 15) is 0 Å². The van der Waals surface area contributed by atoms with E-state index < -0.39 is 8.89 Å². The van der Waals surface area contributed by atoms with Crippen molar-refractivity contribution in [3.63, 3.8) is 0 Å². The van der Waals surface area contributed by atoms with Crippen molar-refractivity contribution >= 4 is 37.1 Å². The molecule has 0 bridgehead atoms. The van der Waals surface area contributed by atoms with E-state index in [1.54, 1.807) is 43.5 Å². The molecule has 41 heavy (non-hydrogen) atoms. The number of rotatable bonds is 6. The Balaban J connectivity index is 1.18. The van der Waals surface area contributed by atoms with Crippen LogP contribution in [0.1, 0.15) is 22.3 Å². The molecule has 0 saturated carbocycles. The summed E-state index contributed by atoms with van der Waals surface area (Å²) in [7, 11) is -5.15. The van der Waals surface area contributed by atoms with Crippen molar-refractivity contribution in [1.29, 1.82) is 0 Å². The minimum absolute atomic E-state index is 0.364. The van der Waals surface area contributed by atoms with Gasteiger partial charge >= 0.3 is 234 Å². The third-order valence-electron chi connectivity index (χ3n) is 26.4. The number of aryl methyl sites for hydroxylation is 4. The molecule has 1 spiro atoms. The van der Waals surface area contributed by atoms with Crippen LogP contribution in [0, 0.1) is 27.7 Å². The van der Waals surface area contributed by atoms with Gasteiger partial charge < -0.3 is 0 Å². The van der Waals surface area contributed by atoms with Crippen molar-refractivity contribution in [3.8, 4) is 0 Å². The average Bonchev–Trinajstić information content (AvgIpc) is 3.93. The molecule has 202 valence electrons. The summed E-state index contributed by atoms with van der Waals surface area (Å²) in [5.74, 6) is 0. The molecular weight excluding hydrogens is 566 g/mol. The summed E-state index contributed by atoms with van der Waals surface area (Å²) in [5, 5.41) is 7.11. The summed E-state index contributed by atoms with van der Waals surface area (Å²) in [5.41, 5.74) is 6.31. The van der Waals surface area contributed by atoms with Crippen LogP contribution in [-0.2, 0) is 8.89 Å². The van der Waals surface area contributed by atoms with Crippen LogP contribution in [-0.4, -0.2) is 6.92 Å². The Morgan fingerprint density at radius 3 is 0.902 bits per heavy atom. The van der Waals surface area contributed by atoms with E-state index in [1.165, 1.54) is 33.8 Å².